The summed E-state index contributed by atoms with van der Waals surface area (Å²) in [7, 11) is 0. The van der Waals surface area contributed by atoms with Crippen molar-refractivity contribution in [3.05, 3.63) is 34.9 Å². The molecule has 0 aliphatic carbocycles. The third kappa shape index (κ3) is 4.25. The zero-order chi connectivity index (χ0) is 19.6. The Kier molecular flexibility index (Phi) is 5.77. The van der Waals surface area contributed by atoms with Crippen molar-refractivity contribution in [1.82, 2.24) is 24.9 Å². The Morgan fingerprint density at radius 2 is 1.92 bits per heavy atom. The molecule has 0 bridgehead atoms. The number of aromatic nitrogens is 4. The molecule has 1 N–H and O–H groups in total. The summed E-state index contributed by atoms with van der Waals surface area (Å²) in [6.45, 7) is 9.80. The fourth-order valence-corrected chi connectivity index (χ4v) is 2.81. The van der Waals surface area contributed by atoms with Crippen molar-refractivity contribution in [3.63, 3.8) is 0 Å². The molecule has 6 nitrogen and oxygen atoms in total. The van der Waals surface area contributed by atoms with Crippen molar-refractivity contribution >= 4 is 5.91 Å². The number of hydrogen-bond acceptors (Lipinski definition) is 3. The molecule has 0 saturated carbocycles. The van der Waals surface area contributed by atoms with Gasteiger partial charge in [-0.2, -0.15) is 23.4 Å². The number of carbonyl (C=O) groups is 1. The third-order valence-corrected chi connectivity index (χ3v) is 4.43. The smallest absolute Gasteiger partial charge is 0.349 e. The normalized spacial score (nSPS) is 14.3. The lowest BCUT2D eigenvalue weighted by molar-refractivity contribution is -0.141. The van der Waals surface area contributed by atoms with Crippen molar-refractivity contribution in [2.24, 2.45) is 5.92 Å². The van der Waals surface area contributed by atoms with E-state index in [2.05, 4.69) is 15.5 Å². The molecule has 26 heavy (non-hydrogen) atoms. The first-order chi connectivity index (χ1) is 12.0. The van der Waals surface area contributed by atoms with E-state index in [4.69, 9.17) is 0 Å². The summed E-state index contributed by atoms with van der Waals surface area (Å²) in [5.74, 6) is -0.775. The molecular formula is C17H24F3N5O. The van der Waals surface area contributed by atoms with Gasteiger partial charge in [-0.15, -0.1) is 0 Å². The van der Waals surface area contributed by atoms with Crippen LogP contribution in [-0.4, -0.2) is 25.5 Å². The molecule has 0 aliphatic heterocycles. The summed E-state index contributed by atoms with van der Waals surface area (Å²) in [4.78, 5) is 12.4. The number of nitrogens with one attached hydrogen (secondary N) is 1. The topological polar surface area (TPSA) is 64.7 Å². The van der Waals surface area contributed by atoms with Crippen LogP contribution in [0.5, 0.6) is 0 Å². The first kappa shape index (κ1) is 20.0. The minimum atomic E-state index is -4.49. The zero-order valence-corrected chi connectivity index (χ0v) is 15.6. The summed E-state index contributed by atoms with van der Waals surface area (Å²) < 4.78 is 41.3. The molecule has 144 valence electrons. The summed E-state index contributed by atoms with van der Waals surface area (Å²) in [6, 6.07) is 0.741. The van der Waals surface area contributed by atoms with E-state index in [-0.39, 0.29) is 18.5 Å². The van der Waals surface area contributed by atoms with Crippen molar-refractivity contribution in [1.29, 1.82) is 0 Å². The molecule has 2 atom stereocenters. The summed E-state index contributed by atoms with van der Waals surface area (Å²) in [5.41, 5.74) is 1.32. The van der Waals surface area contributed by atoms with Gasteiger partial charge in [0, 0.05) is 23.5 Å². The highest BCUT2D eigenvalue weighted by atomic mass is 19.4. The maximum atomic E-state index is 12.7. The van der Waals surface area contributed by atoms with Gasteiger partial charge in [-0.05, 0) is 33.8 Å². The quantitative estimate of drug-likeness (QED) is 0.848. The second-order valence-corrected chi connectivity index (χ2v) is 6.48. The highest BCUT2D eigenvalue weighted by molar-refractivity contribution is 5.78. The zero-order valence-electron chi connectivity index (χ0n) is 15.6. The highest BCUT2D eigenvalue weighted by Crippen LogP contribution is 2.28. The maximum absolute atomic E-state index is 12.7. The van der Waals surface area contributed by atoms with Gasteiger partial charge in [0.15, 0.2) is 5.69 Å². The number of aryl methyl sites for hydroxylation is 2. The molecule has 1 amide bonds. The Hall–Kier alpha value is -2.32. The van der Waals surface area contributed by atoms with E-state index in [1.165, 1.54) is 11.6 Å². The van der Waals surface area contributed by atoms with Crippen LogP contribution in [0.2, 0.25) is 0 Å². The molecule has 0 spiro atoms. The van der Waals surface area contributed by atoms with Gasteiger partial charge in [0.2, 0.25) is 5.91 Å². The van der Waals surface area contributed by atoms with Crippen LogP contribution in [0.15, 0.2) is 12.3 Å². The van der Waals surface area contributed by atoms with Crippen LogP contribution in [0.3, 0.4) is 0 Å². The minimum Gasteiger partial charge on any atom is -0.349 e. The van der Waals surface area contributed by atoms with Crippen molar-refractivity contribution < 1.29 is 18.0 Å². The van der Waals surface area contributed by atoms with Crippen LogP contribution in [0.4, 0.5) is 13.2 Å². The number of hydrogen-bond donors (Lipinski definition) is 1. The summed E-state index contributed by atoms with van der Waals surface area (Å²) in [6.07, 6.45) is -2.77. The molecular weight excluding hydrogens is 347 g/mol. The van der Waals surface area contributed by atoms with Crippen molar-refractivity contribution in [2.75, 3.05) is 0 Å². The van der Waals surface area contributed by atoms with Crippen LogP contribution in [0.1, 0.15) is 49.5 Å². The Balaban J connectivity index is 2.03. The van der Waals surface area contributed by atoms with Gasteiger partial charge in [0.25, 0.3) is 0 Å². The number of amides is 1. The molecule has 2 unspecified atom stereocenters. The predicted molar refractivity (Wildman–Crippen MR) is 90.3 cm³/mol. The Morgan fingerprint density at radius 1 is 1.27 bits per heavy atom. The van der Waals surface area contributed by atoms with Crippen LogP contribution in [0.25, 0.3) is 0 Å². The number of rotatable bonds is 6. The number of nitrogens with zero attached hydrogens (tertiary/aromatic N) is 4. The average Bonchev–Trinajstić information content (AvgIpc) is 3.10. The number of halogens is 3. The van der Waals surface area contributed by atoms with E-state index in [9.17, 15) is 18.0 Å². The van der Waals surface area contributed by atoms with Crippen LogP contribution < -0.4 is 5.32 Å². The summed E-state index contributed by atoms with van der Waals surface area (Å²) >= 11 is 0. The van der Waals surface area contributed by atoms with Gasteiger partial charge < -0.3 is 5.32 Å². The average molecular weight is 371 g/mol. The van der Waals surface area contributed by atoms with E-state index in [0.29, 0.717) is 5.69 Å². The molecule has 0 aromatic carbocycles. The highest BCUT2D eigenvalue weighted by Gasteiger charge is 2.34. The lowest BCUT2D eigenvalue weighted by Gasteiger charge is -2.18. The van der Waals surface area contributed by atoms with Gasteiger partial charge in [-0.3, -0.25) is 14.2 Å². The van der Waals surface area contributed by atoms with E-state index in [0.717, 1.165) is 23.9 Å². The molecule has 0 fully saturated rings. The van der Waals surface area contributed by atoms with E-state index in [1.807, 2.05) is 25.5 Å². The Morgan fingerprint density at radius 3 is 2.42 bits per heavy atom. The van der Waals surface area contributed by atoms with E-state index >= 15 is 0 Å². The van der Waals surface area contributed by atoms with Gasteiger partial charge in [-0.25, -0.2) is 0 Å². The molecule has 2 rings (SSSR count). The van der Waals surface area contributed by atoms with Crippen molar-refractivity contribution in [3.8, 4) is 0 Å². The largest absolute Gasteiger partial charge is 0.435 e. The van der Waals surface area contributed by atoms with Crippen LogP contribution in [0, 0.1) is 19.8 Å². The lowest BCUT2D eigenvalue weighted by atomic mass is 10.1. The molecule has 0 saturated heterocycles. The molecule has 0 aliphatic rings. The molecule has 0 radical (unpaired) electrons. The first-order valence-electron chi connectivity index (χ1n) is 8.48. The van der Waals surface area contributed by atoms with Gasteiger partial charge >= 0.3 is 6.18 Å². The fourth-order valence-electron chi connectivity index (χ4n) is 2.81. The Bertz CT molecular complexity index is 778. The van der Waals surface area contributed by atoms with E-state index in [1.54, 1.807) is 13.1 Å². The lowest BCUT2D eigenvalue weighted by Crippen LogP contribution is -2.34. The molecule has 2 aromatic rings. The number of carbonyl (C=O) groups excluding carboxylic acids is 1. The Labute approximate surface area is 150 Å². The van der Waals surface area contributed by atoms with E-state index < -0.39 is 17.8 Å². The van der Waals surface area contributed by atoms with Crippen molar-refractivity contribution in [2.45, 2.75) is 59.9 Å². The van der Waals surface area contributed by atoms with Gasteiger partial charge in [0.1, 0.15) is 0 Å². The second-order valence-electron chi connectivity index (χ2n) is 6.48. The minimum absolute atomic E-state index is 0.0771. The SMILES string of the molecule is CCn1ncc(C(C)NC(=O)C(C)Cn2nc(C(F)(F)F)cc2C)c1C. The standard InChI is InChI=1S/C17H24F3N5O/c1-6-24-13(5)14(8-21-24)12(4)22-16(26)10(2)9-25-11(3)7-15(23-25)17(18,19)20/h7-8,10,12H,6,9H2,1-5H3,(H,22,26). The van der Waals surface area contributed by atoms with Crippen LogP contribution in [-0.2, 0) is 24.1 Å². The maximum Gasteiger partial charge on any atom is 0.435 e. The predicted octanol–water partition coefficient (Wildman–Crippen LogP) is 3.25. The summed E-state index contributed by atoms with van der Waals surface area (Å²) in [5, 5.41) is 10.7. The molecule has 9 heteroatoms. The van der Waals surface area contributed by atoms with Gasteiger partial charge in [0.05, 0.1) is 24.7 Å². The second kappa shape index (κ2) is 7.51. The monoisotopic (exact) mass is 371 g/mol. The third-order valence-electron chi connectivity index (χ3n) is 4.43. The molecule has 2 heterocycles. The first-order valence-corrected chi connectivity index (χ1v) is 8.48. The van der Waals surface area contributed by atoms with Crippen LogP contribution >= 0.6 is 0 Å². The van der Waals surface area contributed by atoms with Gasteiger partial charge in [-0.1, -0.05) is 6.92 Å². The number of alkyl halides is 3. The fraction of sp³-hybridized carbons (Fsp3) is 0.588. The molecule has 2 aromatic heterocycles.